The first kappa shape index (κ1) is 20.7. The van der Waals surface area contributed by atoms with Crippen LogP contribution in [0.25, 0.3) is 5.65 Å². The van der Waals surface area contributed by atoms with E-state index in [1.807, 2.05) is 6.92 Å². The second-order valence-electron chi connectivity index (χ2n) is 6.71. The van der Waals surface area contributed by atoms with Crippen LogP contribution < -0.4 is 10.3 Å². The molecule has 0 spiro atoms. The minimum atomic E-state index is -3.86. The van der Waals surface area contributed by atoms with Gasteiger partial charge >= 0.3 is 5.97 Å². The van der Waals surface area contributed by atoms with Crippen LogP contribution in [0.4, 0.5) is 0 Å². The van der Waals surface area contributed by atoms with Crippen LogP contribution in [0.3, 0.4) is 0 Å². The Kier molecular flexibility index (Phi) is 5.81. The number of rotatable bonds is 6. The number of carbonyl (C=O) groups excluding carboxylic acids is 1. The Labute approximate surface area is 168 Å². The number of benzene rings is 1. The number of fused-ring (bicyclic) bond motifs is 1. The van der Waals surface area contributed by atoms with E-state index in [1.165, 1.54) is 29.5 Å². The van der Waals surface area contributed by atoms with Crippen molar-refractivity contribution in [3.63, 3.8) is 0 Å². The minimum Gasteiger partial charge on any atom is -0.458 e. The summed E-state index contributed by atoms with van der Waals surface area (Å²) in [5.41, 5.74) is 2.10. The minimum absolute atomic E-state index is 0.0577. The summed E-state index contributed by atoms with van der Waals surface area (Å²) in [5.74, 6) is -0.771. The lowest BCUT2D eigenvalue weighted by Gasteiger charge is -2.14. The molecule has 1 atom stereocenters. The van der Waals surface area contributed by atoms with Gasteiger partial charge in [0.25, 0.3) is 5.56 Å². The number of nitrogens with zero attached hydrogens (tertiary/aromatic N) is 2. The van der Waals surface area contributed by atoms with Crippen molar-refractivity contribution in [3.8, 4) is 0 Å². The number of nitrogens with one attached hydrogen (secondary N) is 1. The summed E-state index contributed by atoms with van der Waals surface area (Å²) in [6.45, 7) is 4.78. The lowest BCUT2D eigenvalue weighted by molar-refractivity contribution is -0.146. The summed E-state index contributed by atoms with van der Waals surface area (Å²) in [4.78, 5) is 28.8. The molecule has 0 amide bonds. The van der Waals surface area contributed by atoms with Crippen molar-refractivity contribution in [1.82, 2.24) is 14.1 Å². The average Bonchev–Trinajstić information content (AvgIpc) is 2.66. The smallest absolute Gasteiger partial charge is 0.324 e. The van der Waals surface area contributed by atoms with Gasteiger partial charge in [-0.15, -0.1) is 0 Å². The van der Waals surface area contributed by atoms with Crippen molar-refractivity contribution in [1.29, 1.82) is 0 Å². The molecule has 2 heterocycles. The molecule has 1 aromatic carbocycles. The molecule has 29 heavy (non-hydrogen) atoms. The summed E-state index contributed by atoms with van der Waals surface area (Å²) in [5, 5.41) is 0. The molecule has 0 saturated heterocycles. The highest BCUT2D eigenvalue weighted by Gasteiger charge is 2.23. The summed E-state index contributed by atoms with van der Waals surface area (Å²) >= 11 is 0. The number of carbonyl (C=O) groups is 1. The van der Waals surface area contributed by atoms with Crippen molar-refractivity contribution < 1.29 is 17.9 Å². The Morgan fingerprint density at radius 1 is 1.17 bits per heavy atom. The third-order valence-electron chi connectivity index (χ3n) is 4.31. The quantitative estimate of drug-likeness (QED) is 0.615. The molecule has 0 radical (unpaired) electrons. The van der Waals surface area contributed by atoms with Crippen molar-refractivity contribution in [2.45, 2.75) is 38.3 Å². The van der Waals surface area contributed by atoms with Crippen LogP contribution in [0.5, 0.6) is 0 Å². The van der Waals surface area contributed by atoms with E-state index in [9.17, 15) is 18.0 Å². The van der Waals surface area contributed by atoms with Crippen molar-refractivity contribution in [3.05, 3.63) is 75.8 Å². The second-order valence-corrected chi connectivity index (χ2v) is 8.42. The molecule has 0 aliphatic carbocycles. The maximum atomic E-state index is 12.4. The van der Waals surface area contributed by atoms with Gasteiger partial charge in [0.15, 0.2) is 0 Å². The van der Waals surface area contributed by atoms with Gasteiger partial charge in [0.05, 0.1) is 10.6 Å². The molecule has 0 saturated carbocycles. The molecule has 8 nitrogen and oxygen atoms in total. The fourth-order valence-electron chi connectivity index (χ4n) is 2.77. The van der Waals surface area contributed by atoms with E-state index in [2.05, 4.69) is 9.71 Å². The van der Waals surface area contributed by atoms with Crippen LogP contribution in [0.2, 0.25) is 0 Å². The molecule has 9 heteroatoms. The third kappa shape index (κ3) is 4.69. The van der Waals surface area contributed by atoms with Crippen LogP contribution in [-0.2, 0) is 26.2 Å². The predicted octanol–water partition coefficient (Wildman–Crippen LogP) is 1.72. The highest BCUT2D eigenvalue weighted by Crippen LogP contribution is 2.11. The third-order valence-corrected chi connectivity index (χ3v) is 5.87. The maximum absolute atomic E-state index is 12.4. The normalized spacial score (nSPS) is 12.7. The van der Waals surface area contributed by atoms with Gasteiger partial charge in [-0.2, -0.15) is 4.72 Å². The summed E-state index contributed by atoms with van der Waals surface area (Å²) in [6.07, 6.45) is 0. The molecule has 0 aliphatic heterocycles. The zero-order valence-electron chi connectivity index (χ0n) is 16.2. The van der Waals surface area contributed by atoms with E-state index in [4.69, 9.17) is 4.74 Å². The molecule has 3 aromatic rings. The largest absolute Gasteiger partial charge is 0.458 e. The SMILES string of the molecule is Cc1ccc(S(=O)(=O)N[C@@H](C)C(=O)OCc2cc(=O)n3c(C)cccc3n2)cc1. The van der Waals surface area contributed by atoms with Crippen LogP contribution in [0, 0.1) is 13.8 Å². The van der Waals surface area contributed by atoms with Gasteiger partial charge in [0, 0.05) is 11.8 Å². The predicted molar refractivity (Wildman–Crippen MR) is 107 cm³/mol. The van der Waals surface area contributed by atoms with E-state index in [1.54, 1.807) is 37.3 Å². The first-order chi connectivity index (χ1) is 13.7. The van der Waals surface area contributed by atoms with Crippen LogP contribution in [0.1, 0.15) is 23.9 Å². The Balaban J connectivity index is 1.68. The first-order valence-electron chi connectivity index (χ1n) is 8.91. The monoisotopic (exact) mass is 415 g/mol. The molecular formula is C20H21N3O5S. The van der Waals surface area contributed by atoms with E-state index in [0.29, 0.717) is 5.65 Å². The highest BCUT2D eigenvalue weighted by molar-refractivity contribution is 7.89. The molecule has 1 N–H and O–H groups in total. The summed E-state index contributed by atoms with van der Waals surface area (Å²) in [7, 11) is -3.86. The number of esters is 1. The fourth-order valence-corrected chi connectivity index (χ4v) is 3.97. The Hall–Kier alpha value is -3.04. The summed E-state index contributed by atoms with van der Waals surface area (Å²) in [6, 6.07) is 11.7. The van der Waals surface area contributed by atoms with Gasteiger partial charge in [-0.05, 0) is 45.0 Å². The number of hydrogen-bond acceptors (Lipinski definition) is 6. The topological polar surface area (TPSA) is 107 Å². The van der Waals surface area contributed by atoms with E-state index < -0.39 is 22.0 Å². The number of ether oxygens (including phenoxy) is 1. The Bertz CT molecular complexity index is 1220. The first-order valence-corrected chi connectivity index (χ1v) is 10.4. The van der Waals surface area contributed by atoms with Crippen molar-refractivity contribution in [2.24, 2.45) is 0 Å². The summed E-state index contributed by atoms with van der Waals surface area (Å²) < 4.78 is 33.6. The van der Waals surface area contributed by atoms with E-state index in [0.717, 1.165) is 11.3 Å². The van der Waals surface area contributed by atoms with Gasteiger partial charge in [-0.1, -0.05) is 23.8 Å². The Morgan fingerprint density at radius 3 is 2.55 bits per heavy atom. The molecule has 152 valence electrons. The van der Waals surface area contributed by atoms with Crippen molar-refractivity contribution >= 4 is 21.6 Å². The number of pyridine rings is 1. The maximum Gasteiger partial charge on any atom is 0.324 e. The average molecular weight is 415 g/mol. The Morgan fingerprint density at radius 2 is 1.86 bits per heavy atom. The fraction of sp³-hybridized carbons (Fsp3) is 0.250. The lowest BCUT2D eigenvalue weighted by Crippen LogP contribution is -2.39. The molecule has 0 fully saturated rings. The van der Waals surface area contributed by atoms with Gasteiger partial charge in [0.2, 0.25) is 10.0 Å². The lowest BCUT2D eigenvalue weighted by atomic mass is 10.2. The second kappa shape index (κ2) is 8.14. The molecule has 3 rings (SSSR count). The molecule has 2 aromatic heterocycles. The number of aromatic nitrogens is 2. The van der Waals surface area contributed by atoms with Gasteiger partial charge in [-0.25, -0.2) is 13.4 Å². The number of hydrogen-bond donors (Lipinski definition) is 1. The highest BCUT2D eigenvalue weighted by atomic mass is 32.2. The zero-order chi connectivity index (χ0) is 21.2. The van der Waals surface area contributed by atoms with Crippen LogP contribution in [-0.4, -0.2) is 29.8 Å². The molecule has 0 aliphatic rings. The molecule has 0 unspecified atom stereocenters. The van der Waals surface area contributed by atoms with Gasteiger partial charge in [-0.3, -0.25) is 14.0 Å². The standard InChI is InChI=1S/C20H21N3O5S/c1-13-7-9-17(10-8-13)29(26,27)22-15(3)20(25)28-12-16-11-19(24)23-14(2)5-4-6-18(23)21-16/h4-11,15,22H,12H2,1-3H3/t15-/m0/s1. The van der Waals surface area contributed by atoms with Crippen molar-refractivity contribution in [2.75, 3.05) is 0 Å². The van der Waals surface area contributed by atoms with Crippen LogP contribution >= 0.6 is 0 Å². The van der Waals surface area contributed by atoms with E-state index in [-0.39, 0.29) is 22.8 Å². The van der Waals surface area contributed by atoms with Gasteiger partial charge < -0.3 is 4.74 Å². The number of sulfonamides is 1. The molecular weight excluding hydrogens is 394 g/mol. The van der Waals surface area contributed by atoms with E-state index >= 15 is 0 Å². The number of aryl methyl sites for hydroxylation is 2. The zero-order valence-corrected chi connectivity index (χ0v) is 17.1. The van der Waals surface area contributed by atoms with Crippen LogP contribution in [0.15, 0.2) is 58.2 Å². The van der Waals surface area contributed by atoms with Gasteiger partial charge in [0.1, 0.15) is 18.3 Å². The molecule has 0 bridgehead atoms.